The van der Waals surface area contributed by atoms with Crippen LogP contribution in [0.15, 0.2) is 96.2 Å². The average molecular weight is 458 g/mol. The lowest BCUT2D eigenvalue weighted by atomic mass is 10.1. The Morgan fingerprint density at radius 1 is 0.909 bits per heavy atom. The Hall–Kier alpha value is -4.24. The molecule has 0 saturated heterocycles. The van der Waals surface area contributed by atoms with E-state index in [0.29, 0.717) is 34.3 Å². The zero-order chi connectivity index (χ0) is 22.8. The molecule has 0 radical (unpaired) electrons. The fraction of sp³-hybridized carbons (Fsp3) is 0.0417. The van der Waals surface area contributed by atoms with Gasteiger partial charge in [0.1, 0.15) is 11.6 Å². The molecule has 0 saturated carbocycles. The number of rotatable bonds is 6. The minimum absolute atomic E-state index is 0.225. The van der Waals surface area contributed by atoms with Gasteiger partial charge in [-0.2, -0.15) is 10.1 Å². The first-order valence-electron chi connectivity index (χ1n) is 10.1. The number of aromatic nitrogens is 4. The number of benzene rings is 3. The van der Waals surface area contributed by atoms with E-state index in [1.165, 1.54) is 0 Å². The van der Waals surface area contributed by atoms with Crippen molar-refractivity contribution in [2.45, 2.75) is 11.8 Å². The number of aryl methyl sites for hydroxylation is 1. The number of sulfonamides is 1. The highest BCUT2D eigenvalue weighted by molar-refractivity contribution is 7.93. The van der Waals surface area contributed by atoms with Crippen LogP contribution >= 0.6 is 0 Å². The van der Waals surface area contributed by atoms with Crippen LogP contribution in [-0.4, -0.2) is 28.2 Å². The number of nitrogens with one attached hydrogen (secondary N) is 1. The van der Waals surface area contributed by atoms with Crippen LogP contribution < -0.4 is 9.46 Å². The van der Waals surface area contributed by atoms with Crippen molar-refractivity contribution in [1.82, 2.24) is 19.7 Å². The maximum Gasteiger partial charge on any atom is 0.262 e. The van der Waals surface area contributed by atoms with Crippen LogP contribution in [0, 0.1) is 6.92 Å². The van der Waals surface area contributed by atoms with Crippen LogP contribution in [-0.2, 0) is 10.0 Å². The molecule has 5 rings (SSSR count). The molecule has 0 aliphatic rings. The number of hydrogen-bond donors (Lipinski definition) is 1. The maximum absolute atomic E-state index is 13.0. The van der Waals surface area contributed by atoms with Gasteiger partial charge < -0.3 is 4.74 Å². The van der Waals surface area contributed by atoms with Gasteiger partial charge in [-0.05, 0) is 48.7 Å². The van der Waals surface area contributed by atoms with Gasteiger partial charge >= 0.3 is 0 Å². The van der Waals surface area contributed by atoms with Crippen LogP contribution in [0.5, 0.6) is 11.6 Å². The van der Waals surface area contributed by atoms with E-state index in [2.05, 4.69) is 19.8 Å². The van der Waals surface area contributed by atoms with Crippen LogP contribution in [0.25, 0.3) is 16.6 Å². The summed E-state index contributed by atoms with van der Waals surface area (Å²) in [7, 11) is -3.77. The summed E-state index contributed by atoms with van der Waals surface area (Å²) in [4.78, 5) is 8.88. The van der Waals surface area contributed by atoms with Crippen LogP contribution in [0.4, 0.5) is 5.69 Å². The summed E-state index contributed by atoms with van der Waals surface area (Å²) in [6.45, 7) is 1.77. The van der Waals surface area contributed by atoms with Gasteiger partial charge in [0.15, 0.2) is 5.82 Å². The lowest BCUT2D eigenvalue weighted by molar-refractivity contribution is 0.459. The zero-order valence-corrected chi connectivity index (χ0v) is 18.4. The summed E-state index contributed by atoms with van der Waals surface area (Å²) in [5.74, 6) is 1.99. The number of hydrogen-bond acceptors (Lipinski definition) is 6. The number of ether oxygens (including phenoxy) is 1. The molecule has 8 nitrogen and oxygen atoms in total. The zero-order valence-electron chi connectivity index (χ0n) is 17.6. The van der Waals surface area contributed by atoms with Crippen LogP contribution in [0.1, 0.15) is 5.82 Å². The van der Waals surface area contributed by atoms with E-state index < -0.39 is 10.0 Å². The van der Waals surface area contributed by atoms with E-state index in [9.17, 15) is 8.42 Å². The quantitative estimate of drug-likeness (QED) is 0.396. The number of nitrogens with zero attached hydrogens (tertiary/aromatic N) is 4. The Bertz CT molecular complexity index is 1530. The van der Waals surface area contributed by atoms with Crippen molar-refractivity contribution in [3.05, 3.63) is 97.1 Å². The standard InChI is InChI=1S/C24H19N5O3S/c1-17-26-23(29-15-5-14-25-29)16-24(27-17)32-20-12-10-19(11-13-20)28-33(30,31)22-9-4-7-18-6-2-3-8-21(18)22/h2-16,28H,1H3. The predicted octanol–water partition coefficient (Wildman–Crippen LogP) is 4.72. The molecular formula is C24H19N5O3S. The smallest absolute Gasteiger partial charge is 0.262 e. The summed E-state index contributed by atoms with van der Waals surface area (Å²) < 4.78 is 36.1. The Morgan fingerprint density at radius 3 is 2.48 bits per heavy atom. The summed E-state index contributed by atoms with van der Waals surface area (Å²) in [5, 5.41) is 5.70. The monoisotopic (exact) mass is 457 g/mol. The van der Waals surface area contributed by atoms with Crippen molar-refractivity contribution in [2.75, 3.05) is 4.72 Å². The van der Waals surface area contributed by atoms with E-state index in [4.69, 9.17) is 4.74 Å². The molecule has 0 atom stereocenters. The lowest BCUT2D eigenvalue weighted by Gasteiger charge is -2.12. The molecule has 9 heteroatoms. The number of fused-ring (bicyclic) bond motifs is 1. The van der Waals surface area contributed by atoms with Crippen molar-refractivity contribution in [3.8, 4) is 17.4 Å². The van der Waals surface area contributed by atoms with E-state index >= 15 is 0 Å². The first-order chi connectivity index (χ1) is 16.0. The molecule has 0 fully saturated rings. The lowest BCUT2D eigenvalue weighted by Crippen LogP contribution is -2.13. The van der Waals surface area contributed by atoms with E-state index in [-0.39, 0.29) is 4.90 Å². The third-order valence-corrected chi connectivity index (χ3v) is 6.35. The van der Waals surface area contributed by atoms with Crippen LogP contribution in [0.2, 0.25) is 0 Å². The minimum Gasteiger partial charge on any atom is -0.439 e. The number of anilines is 1. The largest absolute Gasteiger partial charge is 0.439 e. The predicted molar refractivity (Wildman–Crippen MR) is 125 cm³/mol. The average Bonchev–Trinajstić information content (AvgIpc) is 3.35. The van der Waals surface area contributed by atoms with E-state index in [1.807, 2.05) is 24.3 Å². The molecule has 1 N–H and O–H groups in total. The maximum atomic E-state index is 13.0. The summed E-state index contributed by atoms with van der Waals surface area (Å²) in [6, 6.07) is 22.7. The highest BCUT2D eigenvalue weighted by Crippen LogP contribution is 2.27. The second-order valence-corrected chi connectivity index (χ2v) is 8.92. The molecule has 0 aliphatic heterocycles. The van der Waals surface area contributed by atoms with Crippen molar-refractivity contribution < 1.29 is 13.2 Å². The molecule has 2 heterocycles. The van der Waals surface area contributed by atoms with Gasteiger partial charge in [0.25, 0.3) is 10.0 Å². The highest BCUT2D eigenvalue weighted by atomic mass is 32.2. The highest BCUT2D eigenvalue weighted by Gasteiger charge is 2.17. The van der Waals surface area contributed by atoms with Crippen molar-refractivity contribution >= 4 is 26.5 Å². The molecule has 3 aromatic carbocycles. The Morgan fingerprint density at radius 2 is 1.70 bits per heavy atom. The third kappa shape index (κ3) is 4.39. The molecule has 0 aliphatic carbocycles. The minimum atomic E-state index is -3.77. The molecule has 33 heavy (non-hydrogen) atoms. The molecule has 0 amide bonds. The third-order valence-electron chi connectivity index (χ3n) is 4.91. The molecule has 2 aromatic heterocycles. The molecule has 164 valence electrons. The van der Waals surface area contributed by atoms with Crippen molar-refractivity contribution in [1.29, 1.82) is 0 Å². The SMILES string of the molecule is Cc1nc(Oc2ccc(NS(=O)(=O)c3cccc4ccccc34)cc2)cc(-n2cccn2)n1. The van der Waals surface area contributed by atoms with Gasteiger partial charge in [0.05, 0.1) is 4.90 Å². The molecule has 0 spiro atoms. The molecule has 0 bridgehead atoms. The normalized spacial score (nSPS) is 11.4. The van der Waals surface area contributed by atoms with E-state index in [1.54, 1.807) is 78.6 Å². The van der Waals surface area contributed by atoms with Gasteiger partial charge in [0.2, 0.25) is 5.88 Å². The molecule has 0 unspecified atom stereocenters. The fourth-order valence-electron chi connectivity index (χ4n) is 3.45. The summed E-state index contributed by atoms with van der Waals surface area (Å²) in [6.07, 6.45) is 3.44. The first kappa shape index (κ1) is 20.7. The Kier molecular flexibility index (Phi) is 5.23. The molecular weight excluding hydrogens is 438 g/mol. The van der Waals surface area contributed by atoms with E-state index in [0.717, 1.165) is 5.39 Å². The van der Waals surface area contributed by atoms with Crippen molar-refractivity contribution in [3.63, 3.8) is 0 Å². The van der Waals surface area contributed by atoms with Gasteiger partial charge in [-0.25, -0.2) is 18.1 Å². The van der Waals surface area contributed by atoms with Crippen LogP contribution in [0.3, 0.4) is 0 Å². The van der Waals surface area contributed by atoms with Gasteiger partial charge in [-0.1, -0.05) is 36.4 Å². The second kappa shape index (κ2) is 8.36. The van der Waals surface area contributed by atoms with Gasteiger partial charge in [0, 0.05) is 29.5 Å². The Labute approximate surface area is 190 Å². The first-order valence-corrected chi connectivity index (χ1v) is 11.6. The molecule has 5 aromatic rings. The van der Waals surface area contributed by atoms with Gasteiger partial charge in [-0.15, -0.1) is 0 Å². The summed E-state index contributed by atoms with van der Waals surface area (Å²) >= 11 is 0. The fourth-order valence-corrected chi connectivity index (χ4v) is 4.74. The topological polar surface area (TPSA) is 99.0 Å². The summed E-state index contributed by atoms with van der Waals surface area (Å²) in [5.41, 5.74) is 0.423. The second-order valence-electron chi connectivity index (χ2n) is 7.27. The van der Waals surface area contributed by atoms with Crippen molar-refractivity contribution in [2.24, 2.45) is 0 Å². The van der Waals surface area contributed by atoms with Gasteiger partial charge in [-0.3, -0.25) is 4.72 Å². The Balaban J connectivity index is 1.36.